The molecule has 0 fully saturated rings. The summed E-state index contributed by atoms with van der Waals surface area (Å²) in [5.41, 5.74) is -2.41. The third kappa shape index (κ3) is 3.28. The molecule has 0 unspecified atom stereocenters. The van der Waals surface area contributed by atoms with Crippen LogP contribution in [0.2, 0.25) is 0 Å². The summed E-state index contributed by atoms with van der Waals surface area (Å²) in [6, 6.07) is 0. The molecule has 0 bridgehead atoms. The Bertz CT molecular complexity index is 190. The van der Waals surface area contributed by atoms with Crippen LogP contribution >= 0.6 is 0 Å². The van der Waals surface area contributed by atoms with E-state index in [0.29, 0.717) is 0 Å². The van der Waals surface area contributed by atoms with Crippen LogP contribution < -0.4 is 0 Å². The van der Waals surface area contributed by atoms with E-state index in [1.165, 1.54) is 6.92 Å². The van der Waals surface area contributed by atoms with Crippen LogP contribution in [0, 0.1) is 0 Å². The van der Waals surface area contributed by atoms with Crippen LogP contribution in [-0.2, 0) is 0 Å². The highest BCUT2D eigenvalue weighted by Crippen LogP contribution is 2.40. The van der Waals surface area contributed by atoms with Crippen molar-refractivity contribution < 1.29 is 26.3 Å². The zero-order valence-corrected chi connectivity index (χ0v) is 6.76. The van der Waals surface area contributed by atoms with Gasteiger partial charge >= 0.3 is 6.18 Å². The predicted octanol–water partition coefficient (Wildman–Crippen LogP) is 3.84. The van der Waals surface area contributed by atoms with E-state index in [9.17, 15) is 26.3 Å². The van der Waals surface area contributed by atoms with E-state index < -0.39 is 30.4 Å². The minimum atomic E-state index is -5.31. The smallest absolute Gasteiger partial charge is 0.215 e. The molecule has 0 radical (unpaired) electrons. The van der Waals surface area contributed by atoms with Crippen LogP contribution in [-0.4, -0.2) is 12.1 Å². The Labute approximate surface area is 71.2 Å². The minimum Gasteiger partial charge on any atom is -0.215 e. The van der Waals surface area contributed by atoms with E-state index >= 15 is 0 Å². The first kappa shape index (κ1) is 12.3. The summed E-state index contributed by atoms with van der Waals surface area (Å²) in [7, 11) is 0. The molecular weight excluding hydrogens is 198 g/mol. The monoisotopic (exact) mass is 206 g/mol. The first-order chi connectivity index (χ1) is 5.75. The fraction of sp³-hybridized carbons (Fsp3) is 0.714. The SMILES string of the molecule is CCCC(F)(F)/C(=C\F)C(F)(F)F. The number of allylic oxidation sites excluding steroid dienone is 1. The first-order valence-electron chi connectivity index (χ1n) is 3.51. The molecule has 0 aromatic rings. The fourth-order valence-electron chi connectivity index (χ4n) is 0.798. The Morgan fingerprint density at radius 1 is 1.15 bits per heavy atom. The second kappa shape index (κ2) is 4.02. The third-order valence-electron chi connectivity index (χ3n) is 1.37. The summed E-state index contributed by atoms with van der Waals surface area (Å²) in [6.45, 7) is 1.29. The summed E-state index contributed by atoms with van der Waals surface area (Å²) >= 11 is 0. The van der Waals surface area contributed by atoms with Gasteiger partial charge in [0.15, 0.2) is 0 Å². The van der Waals surface area contributed by atoms with Crippen LogP contribution in [0.15, 0.2) is 11.9 Å². The van der Waals surface area contributed by atoms with Gasteiger partial charge in [0, 0.05) is 6.42 Å². The van der Waals surface area contributed by atoms with E-state index in [4.69, 9.17) is 0 Å². The van der Waals surface area contributed by atoms with Gasteiger partial charge in [0.2, 0.25) is 0 Å². The molecule has 0 aliphatic heterocycles. The van der Waals surface area contributed by atoms with Crippen molar-refractivity contribution in [2.24, 2.45) is 0 Å². The number of hydrogen-bond donors (Lipinski definition) is 0. The molecule has 0 N–H and O–H groups in total. The lowest BCUT2D eigenvalue weighted by Crippen LogP contribution is -2.29. The maximum absolute atomic E-state index is 12.6. The molecule has 0 saturated carbocycles. The highest BCUT2D eigenvalue weighted by Gasteiger charge is 2.49. The van der Waals surface area contributed by atoms with Gasteiger partial charge in [-0.3, -0.25) is 0 Å². The van der Waals surface area contributed by atoms with Crippen LogP contribution in [0.1, 0.15) is 19.8 Å². The van der Waals surface area contributed by atoms with E-state index in [1.807, 2.05) is 0 Å². The van der Waals surface area contributed by atoms with Crippen molar-refractivity contribution in [1.82, 2.24) is 0 Å². The minimum absolute atomic E-state index is 0.152. The largest absolute Gasteiger partial charge is 0.420 e. The maximum atomic E-state index is 12.6. The van der Waals surface area contributed by atoms with Crippen LogP contribution in [0.3, 0.4) is 0 Å². The van der Waals surface area contributed by atoms with Gasteiger partial charge in [0.05, 0.1) is 0 Å². The summed E-state index contributed by atoms with van der Waals surface area (Å²) in [4.78, 5) is 0. The second-order valence-electron chi connectivity index (χ2n) is 2.47. The molecule has 0 aromatic heterocycles. The Morgan fingerprint density at radius 3 is 1.85 bits per heavy atom. The molecule has 0 saturated heterocycles. The average Bonchev–Trinajstić information content (AvgIpc) is 1.83. The molecule has 0 atom stereocenters. The lowest BCUT2D eigenvalue weighted by Gasteiger charge is -2.19. The molecule has 6 heteroatoms. The van der Waals surface area contributed by atoms with E-state index in [-0.39, 0.29) is 6.42 Å². The predicted molar refractivity (Wildman–Crippen MR) is 35.1 cm³/mol. The molecular formula is C7H8F6. The van der Waals surface area contributed by atoms with Gasteiger partial charge in [-0.1, -0.05) is 13.3 Å². The van der Waals surface area contributed by atoms with Gasteiger partial charge in [-0.15, -0.1) is 0 Å². The summed E-state index contributed by atoms with van der Waals surface area (Å²) in [5, 5.41) is 0. The number of alkyl halides is 5. The lowest BCUT2D eigenvalue weighted by atomic mass is 10.1. The van der Waals surface area contributed by atoms with Gasteiger partial charge in [-0.25, -0.2) is 13.2 Å². The zero-order valence-electron chi connectivity index (χ0n) is 6.76. The molecule has 0 spiro atoms. The van der Waals surface area contributed by atoms with Crippen LogP contribution in [0.5, 0.6) is 0 Å². The topological polar surface area (TPSA) is 0 Å². The molecule has 0 nitrogen and oxygen atoms in total. The van der Waals surface area contributed by atoms with Crippen molar-refractivity contribution in [3.05, 3.63) is 11.9 Å². The number of halogens is 6. The second-order valence-corrected chi connectivity index (χ2v) is 2.47. The normalized spacial score (nSPS) is 14.8. The van der Waals surface area contributed by atoms with Crippen LogP contribution in [0.25, 0.3) is 0 Å². The molecule has 0 heterocycles. The number of hydrogen-bond acceptors (Lipinski definition) is 0. The first-order valence-corrected chi connectivity index (χ1v) is 3.51. The van der Waals surface area contributed by atoms with Crippen molar-refractivity contribution in [1.29, 1.82) is 0 Å². The zero-order chi connectivity index (χ0) is 10.7. The Balaban J connectivity index is 4.79. The van der Waals surface area contributed by atoms with Crippen LogP contribution in [0.4, 0.5) is 26.3 Å². The summed E-state index contributed by atoms with van der Waals surface area (Å²) in [6.07, 6.45) is -7.55. The Kier molecular flexibility index (Phi) is 3.81. The molecule has 78 valence electrons. The van der Waals surface area contributed by atoms with Gasteiger partial charge in [0.1, 0.15) is 11.9 Å². The average molecular weight is 206 g/mol. The van der Waals surface area contributed by atoms with Crippen molar-refractivity contribution >= 4 is 0 Å². The van der Waals surface area contributed by atoms with E-state index in [0.717, 1.165) is 0 Å². The van der Waals surface area contributed by atoms with E-state index in [1.54, 1.807) is 0 Å². The summed E-state index contributed by atoms with van der Waals surface area (Å²) < 4.78 is 72.0. The maximum Gasteiger partial charge on any atom is 0.420 e. The number of rotatable bonds is 3. The fourth-order valence-corrected chi connectivity index (χ4v) is 0.798. The van der Waals surface area contributed by atoms with Gasteiger partial charge in [-0.05, 0) is 0 Å². The molecule has 0 amide bonds. The lowest BCUT2D eigenvalue weighted by molar-refractivity contribution is -0.132. The third-order valence-corrected chi connectivity index (χ3v) is 1.37. The molecule has 0 aromatic carbocycles. The van der Waals surface area contributed by atoms with Crippen molar-refractivity contribution in [3.63, 3.8) is 0 Å². The Hall–Kier alpha value is -0.680. The van der Waals surface area contributed by atoms with Crippen molar-refractivity contribution in [2.75, 3.05) is 0 Å². The Morgan fingerprint density at radius 2 is 1.62 bits per heavy atom. The van der Waals surface area contributed by atoms with Gasteiger partial charge < -0.3 is 0 Å². The van der Waals surface area contributed by atoms with Gasteiger partial charge in [0.25, 0.3) is 5.92 Å². The quantitative estimate of drug-likeness (QED) is 0.615. The molecule has 13 heavy (non-hydrogen) atoms. The van der Waals surface area contributed by atoms with Crippen molar-refractivity contribution in [2.45, 2.75) is 31.9 Å². The molecule has 0 aliphatic rings. The summed E-state index contributed by atoms with van der Waals surface area (Å²) in [5.74, 6) is -4.14. The van der Waals surface area contributed by atoms with Crippen molar-refractivity contribution in [3.8, 4) is 0 Å². The molecule has 0 rings (SSSR count). The highest BCUT2D eigenvalue weighted by atomic mass is 19.4. The highest BCUT2D eigenvalue weighted by molar-refractivity contribution is 5.15. The van der Waals surface area contributed by atoms with E-state index in [2.05, 4.69) is 0 Å². The standard InChI is InChI=1S/C7H8F6/c1-2-3-6(9,10)5(4-8)7(11,12)13/h4H,2-3H2,1H3/b5-4+. The molecule has 0 aliphatic carbocycles. The van der Waals surface area contributed by atoms with Gasteiger partial charge in [-0.2, -0.15) is 13.2 Å².